The van der Waals surface area contributed by atoms with Gasteiger partial charge in [-0.15, -0.1) is 0 Å². The topological polar surface area (TPSA) is 24.9 Å². The Balaban J connectivity index is 1.91. The van der Waals surface area contributed by atoms with Gasteiger partial charge in [0.1, 0.15) is 0 Å². The van der Waals surface area contributed by atoms with Crippen molar-refractivity contribution >= 4 is 15.9 Å². The molecule has 1 N–H and O–H groups in total. The van der Waals surface area contributed by atoms with Crippen LogP contribution in [0, 0.1) is 5.41 Å². The number of hydrogen-bond donors (Lipinski definition) is 1. The molecule has 1 aliphatic carbocycles. The highest BCUT2D eigenvalue weighted by Gasteiger charge is 2.31. The molecule has 0 spiro atoms. The van der Waals surface area contributed by atoms with Gasteiger partial charge in [-0.05, 0) is 46.3 Å². The summed E-state index contributed by atoms with van der Waals surface area (Å²) in [4.78, 5) is 4.40. The van der Waals surface area contributed by atoms with Gasteiger partial charge >= 0.3 is 0 Å². The lowest BCUT2D eigenvalue weighted by Crippen LogP contribution is -2.43. The summed E-state index contributed by atoms with van der Waals surface area (Å²) in [6.45, 7) is 5.62. The third-order valence-electron chi connectivity index (χ3n) is 3.83. The van der Waals surface area contributed by atoms with E-state index in [0.29, 0.717) is 11.5 Å². The van der Waals surface area contributed by atoms with Gasteiger partial charge in [0.25, 0.3) is 0 Å². The highest BCUT2D eigenvalue weighted by Crippen LogP contribution is 2.35. The van der Waals surface area contributed by atoms with E-state index in [0.717, 1.165) is 16.7 Å². The molecule has 2 nitrogen and oxygen atoms in total. The number of nitrogens with one attached hydrogen (secondary N) is 1. The van der Waals surface area contributed by atoms with E-state index in [-0.39, 0.29) is 0 Å². The molecule has 1 aromatic rings. The molecule has 0 aromatic carbocycles. The van der Waals surface area contributed by atoms with Crippen LogP contribution >= 0.6 is 15.9 Å². The van der Waals surface area contributed by atoms with Crippen LogP contribution in [0.25, 0.3) is 0 Å². The van der Waals surface area contributed by atoms with E-state index in [1.165, 1.54) is 25.7 Å². The van der Waals surface area contributed by atoms with Gasteiger partial charge in [-0.1, -0.05) is 26.7 Å². The quantitative estimate of drug-likeness (QED) is 0.915. The number of rotatable bonds is 3. The summed E-state index contributed by atoms with van der Waals surface area (Å²) in [5, 5.41) is 3.67. The zero-order valence-electron chi connectivity index (χ0n) is 10.7. The van der Waals surface area contributed by atoms with E-state index in [2.05, 4.69) is 52.2 Å². The van der Waals surface area contributed by atoms with Gasteiger partial charge in [0, 0.05) is 23.3 Å². The number of nitrogens with zero attached hydrogens (tertiary/aromatic N) is 1. The van der Waals surface area contributed by atoms with E-state index in [4.69, 9.17) is 0 Å². The minimum Gasteiger partial charge on any atom is -0.308 e. The van der Waals surface area contributed by atoms with Gasteiger partial charge in [0.05, 0.1) is 5.69 Å². The SMILES string of the molecule is CC1(C)CCCCC1NCc1ccc(Br)cn1. The van der Waals surface area contributed by atoms with Crippen LogP contribution in [-0.4, -0.2) is 11.0 Å². The minimum atomic E-state index is 0.424. The zero-order valence-corrected chi connectivity index (χ0v) is 12.3. The molecule has 0 aliphatic heterocycles. The fraction of sp³-hybridized carbons (Fsp3) is 0.643. The first-order chi connectivity index (χ1) is 8.08. The van der Waals surface area contributed by atoms with E-state index >= 15 is 0 Å². The normalized spacial score (nSPS) is 23.6. The Morgan fingerprint density at radius 1 is 1.41 bits per heavy atom. The van der Waals surface area contributed by atoms with Gasteiger partial charge < -0.3 is 5.32 Å². The number of hydrogen-bond acceptors (Lipinski definition) is 2. The first-order valence-corrected chi connectivity index (χ1v) is 7.21. The van der Waals surface area contributed by atoms with Crippen molar-refractivity contribution < 1.29 is 0 Å². The molecule has 0 saturated heterocycles. The summed E-state index contributed by atoms with van der Waals surface area (Å²) < 4.78 is 1.04. The maximum Gasteiger partial charge on any atom is 0.0542 e. The minimum absolute atomic E-state index is 0.424. The third-order valence-corrected chi connectivity index (χ3v) is 4.29. The van der Waals surface area contributed by atoms with Crippen molar-refractivity contribution in [1.29, 1.82) is 0 Å². The van der Waals surface area contributed by atoms with Crippen LogP contribution in [0.3, 0.4) is 0 Å². The average molecular weight is 297 g/mol. The fourth-order valence-electron chi connectivity index (χ4n) is 2.61. The average Bonchev–Trinajstić information content (AvgIpc) is 2.29. The van der Waals surface area contributed by atoms with Crippen molar-refractivity contribution in [1.82, 2.24) is 10.3 Å². The first-order valence-electron chi connectivity index (χ1n) is 6.42. The Kier molecular flexibility index (Phi) is 4.21. The van der Waals surface area contributed by atoms with Crippen LogP contribution in [0.1, 0.15) is 45.2 Å². The van der Waals surface area contributed by atoms with Gasteiger partial charge in [0.2, 0.25) is 0 Å². The molecular weight excluding hydrogens is 276 g/mol. The van der Waals surface area contributed by atoms with Crippen molar-refractivity contribution in [3.8, 4) is 0 Å². The highest BCUT2D eigenvalue weighted by atomic mass is 79.9. The number of aromatic nitrogens is 1. The molecule has 1 saturated carbocycles. The molecule has 3 heteroatoms. The van der Waals surface area contributed by atoms with Crippen molar-refractivity contribution in [2.45, 2.75) is 52.1 Å². The summed E-state index contributed by atoms with van der Waals surface area (Å²) in [5.41, 5.74) is 1.54. The second-order valence-electron chi connectivity index (χ2n) is 5.64. The monoisotopic (exact) mass is 296 g/mol. The third kappa shape index (κ3) is 3.52. The molecule has 0 amide bonds. The van der Waals surface area contributed by atoms with Crippen LogP contribution in [0.2, 0.25) is 0 Å². The van der Waals surface area contributed by atoms with Crippen LogP contribution < -0.4 is 5.32 Å². The van der Waals surface area contributed by atoms with Crippen molar-refractivity contribution in [3.05, 3.63) is 28.5 Å². The molecule has 1 unspecified atom stereocenters. The zero-order chi connectivity index (χ0) is 12.3. The smallest absolute Gasteiger partial charge is 0.0542 e. The van der Waals surface area contributed by atoms with Gasteiger partial charge in [0.15, 0.2) is 0 Å². The Hall–Kier alpha value is -0.410. The molecule has 17 heavy (non-hydrogen) atoms. The van der Waals surface area contributed by atoms with E-state index in [9.17, 15) is 0 Å². The van der Waals surface area contributed by atoms with E-state index in [1.807, 2.05) is 6.20 Å². The molecule has 1 atom stereocenters. The Morgan fingerprint density at radius 2 is 2.24 bits per heavy atom. The molecule has 2 rings (SSSR count). The van der Waals surface area contributed by atoms with Crippen molar-refractivity contribution in [2.24, 2.45) is 5.41 Å². The van der Waals surface area contributed by atoms with Crippen molar-refractivity contribution in [3.63, 3.8) is 0 Å². The molecule has 0 bridgehead atoms. The van der Waals surface area contributed by atoms with Crippen molar-refractivity contribution in [2.75, 3.05) is 0 Å². The Bertz CT molecular complexity index is 359. The maximum absolute atomic E-state index is 4.40. The van der Waals surface area contributed by atoms with Crippen LogP contribution in [0.5, 0.6) is 0 Å². The second-order valence-corrected chi connectivity index (χ2v) is 6.55. The molecule has 1 aliphatic rings. The summed E-state index contributed by atoms with van der Waals surface area (Å²) >= 11 is 3.41. The molecule has 1 aromatic heterocycles. The summed E-state index contributed by atoms with van der Waals surface area (Å²) in [7, 11) is 0. The Morgan fingerprint density at radius 3 is 2.88 bits per heavy atom. The summed E-state index contributed by atoms with van der Waals surface area (Å²) in [6.07, 6.45) is 7.22. The lowest BCUT2D eigenvalue weighted by Gasteiger charge is -2.39. The van der Waals surface area contributed by atoms with Crippen LogP contribution in [0.4, 0.5) is 0 Å². The molecule has 94 valence electrons. The highest BCUT2D eigenvalue weighted by molar-refractivity contribution is 9.10. The molecule has 0 radical (unpaired) electrons. The van der Waals surface area contributed by atoms with Gasteiger partial charge in [-0.2, -0.15) is 0 Å². The predicted molar refractivity (Wildman–Crippen MR) is 74.8 cm³/mol. The van der Waals surface area contributed by atoms with Crippen LogP contribution in [0.15, 0.2) is 22.8 Å². The number of pyridine rings is 1. The molecule has 1 fully saturated rings. The standard InChI is InChI=1S/C14H21BrN2/c1-14(2)8-4-3-5-13(14)17-10-12-7-6-11(15)9-16-12/h6-7,9,13,17H,3-5,8,10H2,1-2H3. The van der Waals surface area contributed by atoms with Gasteiger partial charge in [-0.25, -0.2) is 0 Å². The summed E-state index contributed by atoms with van der Waals surface area (Å²) in [6, 6.07) is 4.75. The maximum atomic E-state index is 4.40. The first kappa shape index (κ1) is 13.0. The summed E-state index contributed by atoms with van der Waals surface area (Å²) in [5.74, 6) is 0. The molecular formula is C14H21BrN2. The number of halogens is 1. The van der Waals surface area contributed by atoms with E-state index < -0.39 is 0 Å². The van der Waals surface area contributed by atoms with E-state index in [1.54, 1.807) is 0 Å². The molecule has 1 heterocycles. The largest absolute Gasteiger partial charge is 0.308 e. The van der Waals surface area contributed by atoms with Gasteiger partial charge in [-0.3, -0.25) is 4.98 Å². The lowest BCUT2D eigenvalue weighted by atomic mass is 9.73. The lowest BCUT2D eigenvalue weighted by molar-refractivity contribution is 0.166. The fourth-order valence-corrected chi connectivity index (χ4v) is 2.85. The van der Waals surface area contributed by atoms with Crippen LogP contribution in [-0.2, 0) is 6.54 Å². The second kappa shape index (κ2) is 5.49. The Labute approximate surface area is 112 Å². The predicted octanol–water partition coefficient (Wildman–Crippen LogP) is 3.90.